The highest BCUT2D eigenvalue weighted by Crippen LogP contribution is 2.37. The molecule has 2 aliphatic rings. The predicted octanol–water partition coefficient (Wildman–Crippen LogP) is 4.10. The van der Waals surface area contributed by atoms with Gasteiger partial charge in [-0.05, 0) is 42.8 Å². The van der Waals surface area contributed by atoms with E-state index >= 15 is 0 Å². The SMILES string of the molecule is CCc1nc2ccc(-c3cnc(NC4CN(C(=O)C5CNC5)C4)nc3)cn2c1N(C)c1nc(-c2ccc(F)cc2)c(C#N)s1. The number of benzene rings is 1. The van der Waals surface area contributed by atoms with Crippen molar-refractivity contribution in [1.82, 2.24) is 34.6 Å². The van der Waals surface area contributed by atoms with Crippen molar-refractivity contribution in [3.8, 4) is 28.5 Å². The van der Waals surface area contributed by atoms with Crippen molar-refractivity contribution in [2.75, 3.05) is 43.4 Å². The van der Waals surface area contributed by atoms with E-state index in [9.17, 15) is 14.4 Å². The summed E-state index contributed by atoms with van der Waals surface area (Å²) in [5.74, 6) is 1.36. The first kappa shape index (κ1) is 27.9. The topological polar surface area (TPSA) is 127 Å². The number of thiazole rings is 1. The van der Waals surface area contributed by atoms with Gasteiger partial charge in [0.1, 0.15) is 33.9 Å². The molecule has 0 unspecified atom stereocenters. The Bertz CT molecular complexity index is 1890. The summed E-state index contributed by atoms with van der Waals surface area (Å²) in [7, 11) is 1.91. The molecule has 2 fully saturated rings. The number of carbonyl (C=O) groups excluding carboxylic acids is 1. The number of amides is 1. The Morgan fingerprint density at radius 3 is 2.50 bits per heavy atom. The number of nitriles is 1. The monoisotopic (exact) mass is 608 g/mol. The highest BCUT2D eigenvalue weighted by Gasteiger charge is 2.36. The minimum absolute atomic E-state index is 0.114. The predicted molar refractivity (Wildman–Crippen MR) is 166 cm³/mol. The first-order valence-electron chi connectivity index (χ1n) is 14.4. The fourth-order valence-corrected chi connectivity index (χ4v) is 6.32. The maximum absolute atomic E-state index is 13.5. The van der Waals surface area contributed by atoms with Gasteiger partial charge in [0.2, 0.25) is 11.9 Å². The van der Waals surface area contributed by atoms with E-state index in [0.717, 1.165) is 41.4 Å². The van der Waals surface area contributed by atoms with Gasteiger partial charge in [0.05, 0.1) is 17.7 Å². The summed E-state index contributed by atoms with van der Waals surface area (Å²) in [5.41, 5.74) is 4.64. The molecule has 0 aliphatic carbocycles. The molecule has 0 atom stereocenters. The minimum Gasteiger partial charge on any atom is -0.348 e. The third-order valence-corrected chi connectivity index (χ3v) is 9.12. The van der Waals surface area contributed by atoms with Crippen LogP contribution in [-0.2, 0) is 11.2 Å². The summed E-state index contributed by atoms with van der Waals surface area (Å²) in [6.45, 7) is 4.91. The van der Waals surface area contributed by atoms with E-state index in [1.165, 1.54) is 23.5 Å². The number of imidazole rings is 1. The molecule has 0 spiro atoms. The Morgan fingerprint density at radius 1 is 1.11 bits per heavy atom. The molecule has 4 aromatic heterocycles. The van der Waals surface area contributed by atoms with Crippen molar-refractivity contribution in [3.05, 3.63) is 71.4 Å². The molecule has 0 saturated carbocycles. The molecule has 0 bridgehead atoms. The number of pyridine rings is 1. The molecule has 2 aliphatic heterocycles. The van der Waals surface area contributed by atoms with Gasteiger partial charge in [0.15, 0.2) is 5.13 Å². The van der Waals surface area contributed by atoms with Gasteiger partial charge in [-0.15, -0.1) is 0 Å². The van der Waals surface area contributed by atoms with Gasteiger partial charge in [-0.2, -0.15) is 5.26 Å². The summed E-state index contributed by atoms with van der Waals surface area (Å²) in [5, 5.41) is 16.9. The Morgan fingerprint density at radius 2 is 1.84 bits per heavy atom. The fraction of sp³-hybridized carbons (Fsp3) is 0.290. The van der Waals surface area contributed by atoms with Crippen molar-refractivity contribution in [1.29, 1.82) is 5.26 Å². The number of fused-ring (bicyclic) bond motifs is 1. The van der Waals surface area contributed by atoms with Crippen LogP contribution in [-0.4, -0.2) is 74.4 Å². The number of anilines is 3. The van der Waals surface area contributed by atoms with Gasteiger partial charge < -0.3 is 20.4 Å². The molecule has 2 N–H and O–H groups in total. The second-order valence-electron chi connectivity index (χ2n) is 11.0. The highest BCUT2D eigenvalue weighted by atomic mass is 32.1. The van der Waals surface area contributed by atoms with E-state index in [-0.39, 0.29) is 23.7 Å². The van der Waals surface area contributed by atoms with Crippen molar-refractivity contribution >= 4 is 39.8 Å². The summed E-state index contributed by atoms with van der Waals surface area (Å²) in [4.78, 5) is 35.3. The van der Waals surface area contributed by atoms with Crippen LogP contribution < -0.4 is 15.5 Å². The third-order valence-electron chi connectivity index (χ3n) is 8.08. The number of nitrogens with one attached hydrogen (secondary N) is 2. The standard InChI is InChI=1S/C31H29FN10OS/c1-3-24-28(40(2)31-39-27(25(10-33)44-31)18-4-7-22(32)8-5-18)42-15-19(6-9-26(42)38-24)20-13-35-30(36-14-20)37-23-16-41(17-23)29(43)21-11-34-12-21/h4-9,13-15,21,23,34H,3,11-12,16-17H2,1-2H3,(H,35,36,37). The summed E-state index contributed by atoms with van der Waals surface area (Å²) < 4.78 is 15.5. The number of aromatic nitrogens is 5. The maximum Gasteiger partial charge on any atom is 0.228 e. The van der Waals surface area contributed by atoms with E-state index in [0.29, 0.717) is 46.7 Å². The number of carbonyl (C=O) groups is 1. The second-order valence-corrected chi connectivity index (χ2v) is 11.9. The van der Waals surface area contributed by atoms with Gasteiger partial charge >= 0.3 is 0 Å². The van der Waals surface area contributed by atoms with Gasteiger partial charge in [0, 0.05) is 68.5 Å². The summed E-state index contributed by atoms with van der Waals surface area (Å²) >= 11 is 1.28. The lowest BCUT2D eigenvalue weighted by Crippen LogP contribution is -2.62. The normalized spacial score (nSPS) is 15.1. The van der Waals surface area contributed by atoms with Crippen LogP contribution in [0, 0.1) is 23.1 Å². The lowest BCUT2D eigenvalue weighted by Gasteiger charge is -2.42. The van der Waals surface area contributed by atoms with Crippen molar-refractivity contribution in [2.24, 2.45) is 5.92 Å². The zero-order valence-electron chi connectivity index (χ0n) is 24.2. The maximum atomic E-state index is 13.5. The van der Waals surface area contributed by atoms with Crippen molar-refractivity contribution in [3.63, 3.8) is 0 Å². The summed E-state index contributed by atoms with van der Waals surface area (Å²) in [6, 6.07) is 12.3. The van der Waals surface area contributed by atoms with Gasteiger partial charge in [-0.25, -0.2) is 24.3 Å². The number of rotatable bonds is 8. The largest absolute Gasteiger partial charge is 0.348 e. The van der Waals surface area contributed by atoms with E-state index in [1.807, 2.05) is 46.5 Å². The van der Waals surface area contributed by atoms with Crippen LogP contribution in [0.1, 0.15) is 17.5 Å². The molecule has 1 amide bonds. The Hall–Kier alpha value is -4.93. The zero-order valence-corrected chi connectivity index (χ0v) is 25.0. The molecular formula is C31H29FN10OS. The van der Waals surface area contributed by atoms with E-state index in [2.05, 4.69) is 26.7 Å². The van der Waals surface area contributed by atoms with Gasteiger partial charge in [-0.3, -0.25) is 9.20 Å². The first-order valence-corrected chi connectivity index (χ1v) is 15.2. The molecule has 6 heterocycles. The Labute approximate surface area is 257 Å². The Balaban J connectivity index is 1.12. The third kappa shape index (κ3) is 5.01. The van der Waals surface area contributed by atoms with Crippen molar-refractivity contribution in [2.45, 2.75) is 19.4 Å². The van der Waals surface area contributed by atoms with Gasteiger partial charge in [-0.1, -0.05) is 18.3 Å². The van der Waals surface area contributed by atoms with Crippen molar-refractivity contribution < 1.29 is 9.18 Å². The number of likely N-dealkylation sites (tertiary alicyclic amines) is 1. The average Bonchev–Trinajstić information content (AvgIpc) is 3.59. The van der Waals surface area contributed by atoms with E-state index < -0.39 is 0 Å². The molecule has 1 aromatic carbocycles. The van der Waals surface area contributed by atoms with Crippen LogP contribution in [0.5, 0.6) is 0 Å². The fourth-order valence-electron chi connectivity index (χ4n) is 5.47. The summed E-state index contributed by atoms with van der Waals surface area (Å²) in [6.07, 6.45) is 6.27. The second kappa shape index (κ2) is 11.3. The molecule has 44 heavy (non-hydrogen) atoms. The molecule has 11 nitrogen and oxygen atoms in total. The molecule has 5 aromatic rings. The number of hydrogen-bond donors (Lipinski definition) is 2. The van der Waals surface area contributed by atoms with E-state index in [4.69, 9.17) is 9.97 Å². The molecule has 13 heteroatoms. The van der Waals surface area contributed by atoms with Crippen LogP contribution in [0.4, 0.5) is 21.3 Å². The minimum atomic E-state index is -0.342. The quantitative estimate of drug-likeness (QED) is 0.268. The Kier molecular flexibility index (Phi) is 7.15. The number of nitrogens with zero attached hydrogens (tertiary/aromatic N) is 8. The van der Waals surface area contributed by atoms with Crippen LogP contribution in [0.25, 0.3) is 28.0 Å². The number of aryl methyl sites for hydroxylation is 1. The molecule has 2 saturated heterocycles. The average molecular weight is 609 g/mol. The van der Waals surface area contributed by atoms with Crippen LogP contribution in [0.15, 0.2) is 55.0 Å². The number of hydrogen-bond acceptors (Lipinski definition) is 10. The molecule has 0 radical (unpaired) electrons. The zero-order chi connectivity index (χ0) is 30.4. The lowest BCUT2D eigenvalue weighted by molar-refractivity contribution is -0.141. The first-order chi connectivity index (χ1) is 21.4. The smallest absolute Gasteiger partial charge is 0.228 e. The number of halogens is 1. The van der Waals surface area contributed by atoms with E-state index in [1.54, 1.807) is 24.5 Å². The lowest BCUT2D eigenvalue weighted by atomic mass is 9.98. The van der Waals surface area contributed by atoms with Crippen LogP contribution >= 0.6 is 11.3 Å². The molecule has 7 rings (SSSR count). The van der Waals surface area contributed by atoms with Crippen LogP contribution in [0.2, 0.25) is 0 Å². The van der Waals surface area contributed by atoms with Gasteiger partial charge in [0.25, 0.3) is 0 Å². The molecular weight excluding hydrogens is 579 g/mol. The van der Waals surface area contributed by atoms with Crippen LogP contribution in [0.3, 0.4) is 0 Å². The highest BCUT2D eigenvalue weighted by molar-refractivity contribution is 7.16. The molecule has 222 valence electrons.